The normalized spacial score (nSPS) is 11.5. The van der Waals surface area contributed by atoms with Crippen LogP contribution in [0.2, 0.25) is 0 Å². The third-order valence-electron chi connectivity index (χ3n) is 2.44. The highest BCUT2D eigenvalue weighted by Gasteiger charge is 2.03. The first-order valence-electron chi connectivity index (χ1n) is 5.44. The van der Waals surface area contributed by atoms with Crippen molar-refractivity contribution in [2.45, 2.75) is 60.9 Å². The lowest BCUT2D eigenvalue weighted by atomic mass is 9.94. The second-order valence-electron chi connectivity index (χ2n) is 5.08. The van der Waals surface area contributed by atoms with Gasteiger partial charge in [0.05, 0.1) is 0 Å². The zero-order valence-electron chi connectivity index (χ0n) is 10.9. The first-order chi connectivity index (χ1) is 5.74. The third-order valence-corrected chi connectivity index (χ3v) is 2.44. The summed E-state index contributed by atoms with van der Waals surface area (Å²) in [5.74, 6) is 0. The van der Waals surface area contributed by atoms with Crippen LogP contribution >= 0.6 is 0 Å². The van der Waals surface area contributed by atoms with Crippen LogP contribution in [0.4, 0.5) is 0 Å². The lowest BCUT2D eigenvalue weighted by Crippen LogP contribution is -2.25. The molecule has 0 N–H and O–H groups in total. The van der Waals surface area contributed by atoms with Crippen molar-refractivity contribution in [1.29, 1.82) is 0 Å². The maximum Gasteiger partial charge on any atom is 0.00354 e. The summed E-state index contributed by atoms with van der Waals surface area (Å²) in [7, 11) is 2.13. The van der Waals surface area contributed by atoms with Crippen molar-refractivity contribution in [2.75, 3.05) is 13.6 Å². The summed E-state index contributed by atoms with van der Waals surface area (Å²) in [5, 5.41) is 0. The average Bonchev–Trinajstić information content (AvgIpc) is 2.02. The molecule has 0 amide bonds. The lowest BCUT2D eigenvalue weighted by Gasteiger charge is -2.17. The molecule has 0 aromatic heterocycles. The van der Waals surface area contributed by atoms with Crippen molar-refractivity contribution in [3.63, 3.8) is 0 Å². The Balaban J connectivity index is 0. The predicted molar refractivity (Wildman–Crippen MR) is 63.2 cm³/mol. The maximum absolute atomic E-state index is 2.29. The van der Waals surface area contributed by atoms with Gasteiger partial charge >= 0.3 is 0 Å². The minimum atomic E-state index is 0.542. The zero-order valence-corrected chi connectivity index (χ0v) is 10.9. The smallest absolute Gasteiger partial charge is 0.00354 e. The van der Waals surface area contributed by atoms with Gasteiger partial charge in [-0.2, -0.15) is 0 Å². The summed E-state index contributed by atoms with van der Waals surface area (Å²) in [6.45, 7) is 16.7. The molecule has 0 saturated carbocycles. The Bertz CT molecular complexity index is 100. The van der Waals surface area contributed by atoms with Gasteiger partial charge in [-0.3, -0.25) is 0 Å². The fraction of sp³-hybridized carbons (Fsp3) is 1.00. The molecule has 0 atom stereocenters. The standard InChI is InChI=1S/C6H15N.C6H14/c1-5-7(4)6(2)3;1-5-6(2,3)4/h6H,5H2,1-4H3;5H2,1-4H3. The summed E-state index contributed by atoms with van der Waals surface area (Å²) >= 11 is 0. The van der Waals surface area contributed by atoms with E-state index in [9.17, 15) is 0 Å². The highest BCUT2D eigenvalue weighted by atomic mass is 15.1. The van der Waals surface area contributed by atoms with Crippen LogP contribution in [0, 0.1) is 5.41 Å². The fourth-order valence-corrected chi connectivity index (χ4v) is 0.365. The van der Waals surface area contributed by atoms with E-state index in [1.807, 2.05) is 0 Å². The third kappa shape index (κ3) is 14.8. The molecule has 0 saturated heterocycles. The van der Waals surface area contributed by atoms with Gasteiger partial charge in [-0.05, 0) is 32.9 Å². The van der Waals surface area contributed by atoms with E-state index in [0.29, 0.717) is 11.5 Å². The second-order valence-corrected chi connectivity index (χ2v) is 5.08. The van der Waals surface area contributed by atoms with E-state index in [0.717, 1.165) is 6.54 Å². The largest absolute Gasteiger partial charge is 0.304 e. The van der Waals surface area contributed by atoms with Gasteiger partial charge < -0.3 is 4.90 Å². The molecule has 0 unspecified atom stereocenters. The van der Waals surface area contributed by atoms with Crippen molar-refractivity contribution >= 4 is 0 Å². The highest BCUT2D eigenvalue weighted by molar-refractivity contribution is 4.55. The van der Waals surface area contributed by atoms with Crippen molar-refractivity contribution < 1.29 is 0 Å². The summed E-state index contributed by atoms with van der Waals surface area (Å²) in [4.78, 5) is 2.29. The summed E-state index contributed by atoms with van der Waals surface area (Å²) in [6.07, 6.45) is 1.27. The van der Waals surface area contributed by atoms with Crippen LogP contribution in [0.15, 0.2) is 0 Å². The lowest BCUT2D eigenvalue weighted by molar-refractivity contribution is 0.289. The molecule has 0 aromatic rings. The Morgan fingerprint density at radius 3 is 1.38 bits per heavy atom. The molecular formula is C12H29N. The van der Waals surface area contributed by atoms with Crippen LogP contribution in [0.1, 0.15) is 54.9 Å². The van der Waals surface area contributed by atoms with E-state index in [1.165, 1.54) is 6.42 Å². The number of hydrogen-bond donors (Lipinski definition) is 0. The predicted octanol–water partition coefficient (Wildman–Crippen LogP) is 3.79. The molecule has 0 aliphatic heterocycles. The molecular weight excluding hydrogens is 158 g/mol. The van der Waals surface area contributed by atoms with E-state index in [4.69, 9.17) is 0 Å². The van der Waals surface area contributed by atoms with Crippen molar-refractivity contribution in [1.82, 2.24) is 4.90 Å². The quantitative estimate of drug-likeness (QED) is 0.636. The van der Waals surface area contributed by atoms with Gasteiger partial charge in [-0.15, -0.1) is 0 Å². The van der Waals surface area contributed by atoms with Crippen molar-refractivity contribution in [3.8, 4) is 0 Å². The summed E-state index contributed by atoms with van der Waals surface area (Å²) in [5.41, 5.74) is 0.542. The van der Waals surface area contributed by atoms with Gasteiger partial charge in [0, 0.05) is 6.04 Å². The molecule has 0 bridgehead atoms. The van der Waals surface area contributed by atoms with Crippen LogP contribution in [-0.2, 0) is 0 Å². The molecule has 1 heteroatoms. The van der Waals surface area contributed by atoms with E-state index in [1.54, 1.807) is 0 Å². The van der Waals surface area contributed by atoms with E-state index < -0.39 is 0 Å². The molecule has 0 heterocycles. The van der Waals surface area contributed by atoms with Crippen LogP contribution < -0.4 is 0 Å². The topological polar surface area (TPSA) is 3.24 Å². The molecule has 0 radical (unpaired) electrons. The molecule has 0 aromatic carbocycles. The van der Waals surface area contributed by atoms with Crippen molar-refractivity contribution in [2.24, 2.45) is 5.41 Å². The van der Waals surface area contributed by atoms with Crippen LogP contribution in [0.25, 0.3) is 0 Å². The van der Waals surface area contributed by atoms with Gasteiger partial charge in [-0.1, -0.05) is 41.0 Å². The highest BCUT2D eigenvalue weighted by Crippen LogP contribution is 2.16. The first kappa shape index (κ1) is 15.4. The second kappa shape index (κ2) is 7.37. The number of nitrogens with zero attached hydrogens (tertiary/aromatic N) is 1. The molecule has 82 valence electrons. The Hall–Kier alpha value is -0.0400. The van der Waals surface area contributed by atoms with Gasteiger partial charge in [0.1, 0.15) is 0 Å². The van der Waals surface area contributed by atoms with Crippen LogP contribution in [0.3, 0.4) is 0 Å². The van der Waals surface area contributed by atoms with E-state index in [2.05, 4.69) is 60.4 Å². The maximum atomic E-state index is 2.29. The van der Waals surface area contributed by atoms with Gasteiger partial charge in [0.2, 0.25) is 0 Å². The molecule has 1 nitrogen and oxygen atoms in total. The number of rotatable bonds is 2. The molecule has 13 heavy (non-hydrogen) atoms. The summed E-state index contributed by atoms with van der Waals surface area (Å²) in [6, 6.07) is 0.699. The Morgan fingerprint density at radius 2 is 1.38 bits per heavy atom. The Morgan fingerprint density at radius 1 is 1.08 bits per heavy atom. The molecule has 0 aliphatic rings. The van der Waals surface area contributed by atoms with Crippen molar-refractivity contribution in [3.05, 3.63) is 0 Å². The number of hydrogen-bond acceptors (Lipinski definition) is 1. The van der Waals surface area contributed by atoms with Crippen LogP contribution in [-0.4, -0.2) is 24.5 Å². The minimum Gasteiger partial charge on any atom is -0.304 e. The fourth-order valence-electron chi connectivity index (χ4n) is 0.365. The van der Waals surface area contributed by atoms with Gasteiger partial charge in [0.15, 0.2) is 0 Å². The molecule has 0 aliphatic carbocycles. The van der Waals surface area contributed by atoms with E-state index in [-0.39, 0.29) is 0 Å². The molecule has 0 spiro atoms. The van der Waals surface area contributed by atoms with Crippen LogP contribution in [0.5, 0.6) is 0 Å². The minimum absolute atomic E-state index is 0.542. The Labute approximate surface area is 85.5 Å². The first-order valence-corrected chi connectivity index (χ1v) is 5.44. The SMILES string of the molecule is CCC(C)(C)C.CCN(C)C(C)C. The molecule has 0 rings (SSSR count). The van der Waals surface area contributed by atoms with Gasteiger partial charge in [-0.25, -0.2) is 0 Å². The summed E-state index contributed by atoms with van der Waals surface area (Å²) < 4.78 is 0. The average molecular weight is 187 g/mol. The zero-order chi connectivity index (χ0) is 11.1. The van der Waals surface area contributed by atoms with E-state index >= 15 is 0 Å². The molecule has 0 fully saturated rings. The van der Waals surface area contributed by atoms with Gasteiger partial charge in [0.25, 0.3) is 0 Å². The Kier molecular flexibility index (Phi) is 8.75. The monoisotopic (exact) mass is 187 g/mol.